The first-order valence-corrected chi connectivity index (χ1v) is 18.8. The Morgan fingerprint density at radius 1 is 0.615 bits per heavy atom. The summed E-state index contributed by atoms with van der Waals surface area (Å²) in [4.78, 5) is -1.62. The highest BCUT2D eigenvalue weighted by Crippen LogP contribution is 2.51. The lowest BCUT2D eigenvalue weighted by atomic mass is 9.92. The van der Waals surface area contributed by atoms with Gasteiger partial charge in [0.1, 0.15) is 18.3 Å². The van der Waals surface area contributed by atoms with E-state index in [1.807, 2.05) is 133 Å². The fourth-order valence-corrected chi connectivity index (χ4v) is 8.37. The van der Waals surface area contributed by atoms with E-state index in [0.717, 1.165) is 22.3 Å². The van der Waals surface area contributed by atoms with Crippen LogP contribution in [0.25, 0.3) is 0 Å². The van der Waals surface area contributed by atoms with Crippen LogP contribution in [0, 0.1) is 0 Å². The molecule has 270 valence electrons. The number of rotatable bonds is 15. The van der Waals surface area contributed by atoms with Crippen molar-refractivity contribution in [1.29, 1.82) is 0 Å². The van der Waals surface area contributed by atoms with Crippen LogP contribution < -0.4 is 0 Å². The van der Waals surface area contributed by atoms with Gasteiger partial charge in [-0.1, -0.05) is 139 Å². The third-order valence-electron chi connectivity index (χ3n) is 9.23. The molecule has 0 radical (unpaired) electrons. The van der Waals surface area contributed by atoms with Gasteiger partial charge in [-0.3, -0.25) is 0 Å². The molecule has 2 aliphatic rings. The van der Waals surface area contributed by atoms with Gasteiger partial charge < -0.3 is 33.5 Å². The summed E-state index contributed by atoms with van der Waals surface area (Å²) in [5.74, 6) is 0. The van der Waals surface area contributed by atoms with Crippen LogP contribution in [-0.2, 0) is 59.8 Å². The molecule has 0 aliphatic carbocycles. The van der Waals surface area contributed by atoms with Gasteiger partial charge in [0.15, 0.2) is 11.2 Å². The van der Waals surface area contributed by atoms with E-state index in [0.29, 0.717) is 42.6 Å². The molecule has 1 unspecified atom stereocenters. The normalized spacial score (nSPS) is 23.5. The molecule has 7 rings (SSSR count). The van der Waals surface area contributed by atoms with E-state index >= 15 is 0 Å². The van der Waals surface area contributed by atoms with E-state index < -0.39 is 29.5 Å². The molecular weight excluding hydrogens is 696 g/mol. The Kier molecular flexibility index (Phi) is 12.7. The van der Waals surface area contributed by atoms with Crippen LogP contribution in [0.1, 0.15) is 39.7 Å². The Morgan fingerprint density at radius 3 is 1.63 bits per heavy atom. The quantitative estimate of drug-likeness (QED) is 0.115. The van der Waals surface area contributed by atoms with Crippen molar-refractivity contribution in [2.75, 3.05) is 19.8 Å². The minimum Gasteiger partial charge on any atom is -0.376 e. The topological polar surface area (TPSA) is 75.6 Å². The highest BCUT2D eigenvalue weighted by atomic mass is 35.5. The predicted molar refractivity (Wildman–Crippen MR) is 203 cm³/mol. The smallest absolute Gasteiger partial charge is 0.185 e. The Bertz CT molecular complexity index is 1810. The lowest BCUT2D eigenvalue weighted by Gasteiger charge is -2.50. The van der Waals surface area contributed by atoms with E-state index in [2.05, 4.69) is 0 Å². The molecule has 0 bridgehead atoms. The van der Waals surface area contributed by atoms with E-state index in [4.69, 9.17) is 40.0 Å². The molecule has 0 amide bonds. The second kappa shape index (κ2) is 18.0. The number of hydrogen-bond donors (Lipinski definition) is 1. The molecule has 7 nitrogen and oxygen atoms in total. The first-order chi connectivity index (χ1) is 25.6. The molecule has 52 heavy (non-hydrogen) atoms. The number of aliphatic hydroxyl groups is 1. The van der Waals surface area contributed by atoms with Gasteiger partial charge in [-0.25, -0.2) is 0 Å². The summed E-state index contributed by atoms with van der Waals surface area (Å²) < 4.78 is 38.7. The Morgan fingerprint density at radius 2 is 1.10 bits per heavy atom. The van der Waals surface area contributed by atoms with Crippen molar-refractivity contribution in [3.05, 3.63) is 178 Å². The highest BCUT2D eigenvalue weighted by molar-refractivity contribution is 8.00. The summed E-state index contributed by atoms with van der Waals surface area (Å²) >= 11 is 8.08. The van der Waals surface area contributed by atoms with Gasteiger partial charge in [-0.05, 0) is 39.9 Å². The molecule has 0 spiro atoms. The van der Waals surface area contributed by atoms with Crippen molar-refractivity contribution >= 4 is 23.4 Å². The second-order valence-electron chi connectivity index (χ2n) is 12.9. The number of ether oxygens (including phenoxy) is 6. The summed E-state index contributed by atoms with van der Waals surface area (Å²) in [5, 5.41) is 13.3. The van der Waals surface area contributed by atoms with Crippen LogP contribution in [0.3, 0.4) is 0 Å². The molecule has 5 atom stereocenters. The molecule has 2 heterocycles. The van der Waals surface area contributed by atoms with Gasteiger partial charge >= 0.3 is 0 Å². The molecule has 9 heteroatoms. The molecular formula is C43H43ClO7S. The zero-order valence-electron chi connectivity index (χ0n) is 28.8. The van der Waals surface area contributed by atoms with Crippen LogP contribution >= 0.6 is 23.4 Å². The molecule has 1 N–H and O–H groups in total. The predicted octanol–water partition coefficient (Wildman–Crippen LogP) is 8.62. The van der Waals surface area contributed by atoms with Crippen LogP contribution in [0.2, 0.25) is 5.02 Å². The average Bonchev–Trinajstić information content (AvgIpc) is 3.73. The van der Waals surface area contributed by atoms with Gasteiger partial charge in [-0.15, -0.1) is 11.8 Å². The molecule has 2 aliphatic heterocycles. The third kappa shape index (κ3) is 9.15. The fourth-order valence-electron chi connectivity index (χ4n) is 6.57. The van der Waals surface area contributed by atoms with E-state index in [9.17, 15) is 5.11 Å². The lowest BCUT2D eigenvalue weighted by Crippen LogP contribution is -2.61. The van der Waals surface area contributed by atoms with Gasteiger partial charge in [0.2, 0.25) is 0 Å². The van der Waals surface area contributed by atoms with Gasteiger partial charge in [0.25, 0.3) is 0 Å². The molecule has 5 aromatic rings. The summed E-state index contributed by atoms with van der Waals surface area (Å²) in [5.41, 5.74) is 5.29. The van der Waals surface area contributed by atoms with Gasteiger partial charge in [0, 0.05) is 10.6 Å². The lowest BCUT2D eigenvalue weighted by molar-refractivity contribution is -0.199. The zero-order chi connectivity index (χ0) is 35.6. The Hall–Kier alpha value is -3.54. The first kappa shape index (κ1) is 36.8. The fraction of sp³-hybridized carbons (Fsp3) is 0.302. The van der Waals surface area contributed by atoms with Crippen molar-refractivity contribution in [3.8, 4) is 0 Å². The van der Waals surface area contributed by atoms with Gasteiger partial charge in [-0.2, -0.15) is 0 Å². The Labute approximate surface area is 314 Å². The van der Waals surface area contributed by atoms with Crippen molar-refractivity contribution in [2.24, 2.45) is 0 Å². The van der Waals surface area contributed by atoms with Crippen molar-refractivity contribution < 1.29 is 33.5 Å². The average molecular weight is 739 g/mol. The van der Waals surface area contributed by atoms with E-state index in [-0.39, 0.29) is 25.1 Å². The summed E-state index contributed by atoms with van der Waals surface area (Å²) in [6.45, 7) is 2.50. The maximum absolute atomic E-state index is 13.2. The molecule has 0 saturated carbocycles. The monoisotopic (exact) mass is 738 g/mol. The highest BCUT2D eigenvalue weighted by Gasteiger charge is 2.57. The minimum atomic E-state index is -1.62. The van der Waals surface area contributed by atoms with Gasteiger partial charge in [0.05, 0.1) is 51.5 Å². The van der Waals surface area contributed by atoms with E-state index in [1.54, 1.807) is 6.07 Å². The standard InChI is InChI=1S/C43H43ClO7S/c44-37-22-21-35(25-36(37)42-47-23-24-48-42)43(45)41(51-29-34-19-11-4-12-20-34)40(50-28-33-17-9-3-10-18-33)39(49-27-32-15-7-2-8-16-32)38(52-43)30-46-26-31-13-5-1-6-14-31/h1-22,25,38-42,45H,23-24,26-30H2/t38-,39-,40+,41-,43?/m1/s1. The van der Waals surface area contributed by atoms with Crippen LogP contribution in [0.15, 0.2) is 140 Å². The zero-order valence-corrected chi connectivity index (χ0v) is 30.4. The van der Waals surface area contributed by atoms with Crippen molar-refractivity contribution in [3.63, 3.8) is 0 Å². The van der Waals surface area contributed by atoms with Crippen LogP contribution in [0.4, 0.5) is 0 Å². The van der Waals surface area contributed by atoms with E-state index in [1.165, 1.54) is 11.8 Å². The maximum Gasteiger partial charge on any atom is 0.185 e. The first-order valence-electron chi connectivity index (χ1n) is 17.6. The SMILES string of the molecule is OC1(c2ccc(Cl)c(C3OCCO3)c2)S[C@H](COCc2ccccc2)[C@@H](OCc2ccccc2)[C@H](OCc2ccccc2)[C@H]1OCc1ccccc1. The third-order valence-corrected chi connectivity index (χ3v) is 11.1. The number of benzene rings is 5. The Balaban J connectivity index is 1.29. The summed E-state index contributed by atoms with van der Waals surface area (Å²) in [6, 6.07) is 45.5. The maximum atomic E-state index is 13.2. The number of halogens is 1. The van der Waals surface area contributed by atoms with Crippen LogP contribution in [0.5, 0.6) is 0 Å². The van der Waals surface area contributed by atoms with Crippen molar-refractivity contribution in [2.45, 2.75) is 61.2 Å². The van der Waals surface area contributed by atoms with Crippen molar-refractivity contribution in [1.82, 2.24) is 0 Å². The molecule has 2 saturated heterocycles. The second-order valence-corrected chi connectivity index (χ2v) is 14.8. The summed E-state index contributed by atoms with van der Waals surface area (Å²) in [6.07, 6.45) is -2.77. The molecule has 5 aromatic carbocycles. The molecule has 0 aromatic heterocycles. The number of thioether (sulfide) groups is 1. The van der Waals surface area contributed by atoms with Crippen LogP contribution in [-0.4, -0.2) is 48.5 Å². The number of hydrogen-bond acceptors (Lipinski definition) is 8. The largest absolute Gasteiger partial charge is 0.376 e. The molecule has 2 fully saturated rings. The summed E-state index contributed by atoms with van der Waals surface area (Å²) in [7, 11) is 0. The minimum absolute atomic E-state index is 0.245.